The molecule has 0 fully saturated rings. The van der Waals surface area contributed by atoms with Gasteiger partial charge in [-0.25, -0.2) is 0 Å². The van der Waals surface area contributed by atoms with E-state index < -0.39 is 6.29 Å². The SMILES string of the molecule is O=C(NCCc1ccccc1)C1=C[C@@H](c2csc3ccccc23)C[C@@H](OCc2ccc(CO)cc2)O1. The molecule has 4 aromatic rings. The highest BCUT2D eigenvalue weighted by Gasteiger charge is 2.30. The number of fused-ring (bicyclic) bond motifs is 1. The normalized spacial score (nSPS) is 17.4. The van der Waals surface area contributed by atoms with Crippen molar-refractivity contribution in [1.29, 1.82) is 0 Å². The molecule has 184 valence electrons. The average Bonchev–Trinajstić information content (AvgIpc) is 3.37. The lowest BCUT2D eigenvalue weighted by Gasteiger charge is -2.29. The van der Waals surface area contributed by atoms with Gasteiger partial charge in [0.15, 0.2) is 5.76 Å². The molecule has 2 atom stereocenters. The fourth-order valence-corrected chi connectivity index (χ4v) is 5.43. The first-order valence-electron chi connectivity index (χ1n) is 12.2. The Bertz CT molecular complexity index is 1330. The molecule has 5 nitrogen and oxygen atoms in total. The van der Waals surface area contributed by atoms with Crippen molar-refractivity contribution in [2.24, 2.45) is 0 Å². The van der Waals surface area contributed by atoms with Gasteiger partial charge in [-0.1, -0.05) is 72.8 Å². The number of aliphatic hydroxyl groups excluding tert-OH is 1. The summed E-state index contributed by atoms with van der Waals surface area (Å²) in [5.74, 6) is 0.0813. The Balaban J connectivity index is 1.31. The first kappa shape index (κ1) is 24.3. The highest BCUT2D eigenvalue weighted by atomic mass is 32.1. The minimum Gasteiger partial charge on any atom is -0.459 e. The summed E-state index contributed by atoms with van der Waals surface area (Å²) in [6, 6.07) is 26.1. The fraction of sp³-hybridized carbons (Fsp3) is 0.233. The number of hydrogen-bond donors (Lipinski definition) is 2. The second-order valence-corrected chi connectivity index (χ2v) is 9.80. The van der Waals surface area contributed by atoms with Gasteiger partial charge in [-0.15, -0.1) is 11.3 Å². The topological polar surface area (TPSA) is 67.8 Å². The van der Waals surface area contributed by atoms with Gasteiger partial charge in [0.05, 0.1) is 13.2 Å². The zero-order chi connectivity index (χ0) is 24.7. The van der Waals surface area contributed by atoms with Crippen LogP contribution in [0.3, 0.4) is 0 Å². The average molecular weight is 500 g/mol. The number of carbonyl (C=O) groups is 1. The van der Waals surface area contributed by atoms with Crippen molar-refractivity contribution in [2.45, 2.75) is 38.3 Å². The molecule has 0 spiro atoms. The van der Waals surface area contributed by atoms with Gasteiger partial charge in [-0.05, 0) is 51.6 Å². The maximum absolute atomic E-state index is 13.1. The number of rotatable bonds is 9. The van der Waals surface area contributed by atoms with Crippen molar-refractivity contribution < 1.29 is 19.4 Å². The third-order valence-corrected chi connectivity index (χ3v) is 7.36. The van der Waals surface area contributed by atoms with Gasteiger partial charge in [-0.3, -0.25) is 4.79 Å². The lowest BCUT2D eigenvalue weighted by molar-refractivity contribution is -0.150. The molecule has 0 unspecified atom stereocenters. The highest BCUT2D eigenvalue weighted by molar-refractivity contribution is 7.17. The van der Waals surface area contributed by atoms with Crippen molar-refractivity contribution in [1.82, 2.24) is 5.32 Å². The van der Waals surface area contributed by atoms with Gasteiger partial charge < -0.3 is 19.9 Å². The van der Waals surface area contributed by atoms with Crippen LogP contribution in [0.5, 0.6) is 0 Å². The molecule has 2 heterocycles. The van der Waals surface area contributed by atoms with Gasteiger partial charge in [0.25, 0.3) is 5.91 Å². The van der Waals surface area contributed by atoms with Crippen LogP contribution in [0.4, 0.5) is 0 Å². The molecule has 2 N–H and O–H groups in total. The fourth-order valence-electron chi connectivity index (χ4n) is 4.40. The number of nitrogens with one attached hydrogen (secondary N) is 1. The Morgan fingerprint density at radius 1 is 0.972 bits per heavy atom. The molecule has 6 heteroatoms. The third-order valence-electron chi connectivity index (χ3n) is 6.38. The summed E-state index contributed by atoms with van der Waals surface area (Å²) < 4.78 is 13.4. The van der Waals surface area contributed by atoms with E-state index in [0.717, 1.165) is 17.5 Å². The minimum atomic E-state index is -0.550. The standard InChI is InChI=1S/C30H29NO4S/c32-18-22-10-12-23(13-11-22)19-34-29-17-24(26-20-36-28-9-5-4-8-25(26)28)16-27(35-29)30(33)31-15-14-21-6-2-1-3-7-21/h1-13,16,20,24,29,32H,14-15,17-19H2,(H,31,33)/t24-,29+/m1/s1. The number of aliphatic hydroxyl groups is 1. The number of hydrogen-bond acceptors (Lipinski definition) is 5. The predicted octanol–water partition coefficient (Wildman–Crippen LogP) is 5.68. The van der Waals surface area contributed by atoms with Crippen LogP contribution in [-0.4, -0.2) is 23.8 Å². The number of thiophene rings is 1. The molecular formula is C30H29NO4S. The van der Waals surface area contributed by atoms with Crippen LogP contribution < -0.4 is 5.32 Å². The molecule has 0 aliphatic carbocycles. The van der Waals surface area contributed by atoms with Gasteiger partial charge in [0.2, 0.25) is 6.29 Å². The van der Waals surface area contributed by atoms with Crippen molar-refractivity contribution >= 4 is 27.3 Å². The summed E-state index contributed by atoms with van der Waals surface area (Å²) in [6.07, 6.45) is 2.76. The Kier molecular flexibility index (Phi) is 7.76. The quantitative estimate of drug-likeness (QED) is 0.311. The van der Waals surface area contributed by atoms with Gasteiger partial charge in [0.1, 0.15) is 0 Å². The van der Waals surface area contributed by atoms with Gasteiger partial charge in [-0.2, -0.15) is 0 Å². The smallest absolute Gasteiger partial charge is 0.286 e. The van der Waals surface area contributed by atoms with E-state index in [9.17, 15) is 9.90 Å². The molecule has 0 saturated carbocycles. The number of benzene rings is 3. The molecule has 1 aliphatic heterocycles. The van der Waals surface area contributed by atoms with E-state index in [1.807, 2.05) is 60.7 Å². The van der Waals surface area contributed by atoms with Crippen LogP contribution in [0.2, 0.25) is 0 Å². The molecule has 3 aromatic carbocycles. The highest BCUT2D eigenvalue weighted by Crippen LogP contribution is 2.38. The van der Waals surface area contributed by atoms with Crippen LogP contribution in [0.1, 0.15) is 34.6 Å². The molecular weight excluding hydrogens is 470 g/mol. The van der Waals surface area contributed by atoms with Crippen LogP contribution in [-0.2, 0) is 33.9 Å². The van der Waals surface area contributed by atoms with Gasteiger partial charge >= 0.3 is 0 Å². The van der Waals surface area contributed by atoms with Crippen LogP contribution in [0.15, 0.2) is 96.1 Å². The second-order valence-electron chi connectivity index (χ2n) is 8.88. The van der Waals surface area contributed by atoms with Crippen LogP contribution in [0, 0.1) is 0 Å². The number of allylic oxidation sites excluding steroid dienone is 1. The van der Waals surface area contributed by atoms with Crippen LogP contribution in [0.25, 0.3) is 10.1 Å². The summed E-state index contributed by atoms with van der Waals surface area (Å²) in [5, 5.41) is 15.6. The molecule has 1 aliphatic rings. The molecule has 0 radical (unpaired) electrons. The summed E-state index contributed by atoms with van der Waals surface area (Å²) in [7, 11) is 0. The largest absolute Gasteiger partial charge is 0.459 e. The van der Waals surface area contributed by atoms with E-state index in [0.29, 0.717) is 25.3 Å². The first-order valence-corrected chi connectivity index (χ1v) is 13.0. The monoisotopic (exact) mass is 499 g/mol. The van der Waals surface area contributed by atoms with Crippen molar-refractivity contribution in [2.75, 3.05) is 6.54 Å². The van der Waals surface area contributed by atoms with Crippen molar-refractivity contribution in [3.8, 4) is 0 Å². The van der Waals surface area contributed by atoms with E-state index in [2.05, 4.69) is 35.0 Å². The maximum atomic E-state index is 13.1. The molecule has 0 saturated heterocycles. The first-order chi connectivity index (χ1) is 17.7. The number of ether oxygens (including phenoxy) is 2. The molecule has 0 bridgehead atoms. The summed E-state index contributed by atoms with van der Waals surface area (Å²) in [4.78, 5) is 13.1. The molecule has 1 amide bonds. The van der Waals surface area contributed by atoms with Crippen molar-refractivity contribution in [3.05, 3.63) is 118 Å². The summed E-state index contributed by atoms with van der Waals surface area (Å²) >= 11 is 1.71. The molecule has 5 rings (SSSR count). The number of amides is 1. The zero-order valence-electron chi connectivity index (χ0n) is 19.9. The van der Waals surface area contributed by atoms with Gasteiger partial charge in [0, 0.05) is 23.6 Å². The Hall–Kier alpha value is -3.45. The third kappa shape index (κ3) is 5.85. The predicted molar refractivity (Wildman–Crippen MR) is 142 cm³/mol. The Labute approximate surface area is 215 Å². The molecule has 1 aromatic heterocycles. The lowest BCUT2D eigenvalue weighted by Crippen LogP contribution is -2.33. The van der Waals surface area contributed by atoms with E-state index in [4.69, 9.17) is 9.47 Å². The number of carbonyl (C=O) groups excluding carboxylic acids is 1. The summed E-state index contributed by atoms with van der Waals surface area (Å²) in [6.45, 7) is 0.894. The molecule has 36 heavy (non-hydrogen) atoms. The van der Waals surface area contributed by atoms with E-state index in [-0.39, 0.29) is 18.4 Å². The Morgan fingerprint density at radius 2 is 1.72 bits per heavy atom. The van der Waals surface area contributed by atoms with E-state index >= 15 is 0 Å². The van der Waals surface area contributed by atoms with E-state index in [1.54, 1.807) is 11.3 Å². The lowest BCUT2D eigenvalue weighted by atomic mass is 9.92. The summed E-state index contributed by atoms with van der Waals surface area (Å²) in [5.41, 5.74) is 4.20. The Morgan fingerprint density at radius 3 is 2.53 bits per heavy atom. The zero-order valence-corrected chi connectivity index (χ0v) is 20.7. The maximum Gasteiger partial charge on any atom is 0.286 e. The van der Waals surface area contributed by atoms with E-state index in [1.165, 1.54) is 21.2 Å². The van der Waals surface area contributed by atoms with Crippen LogP contribution >= 0.6 is 11.3 Å². The second kappa shape index (κ2) is 11.5. The van der Waals surface area contributed by atoms with Crippen molar-refractivity contribution in [3.63, 3.8) is 0 Å². The minimum absolute atomic E-state index is 0.00605.